The van der Waals surface area contributed by atoms with Crippen LogP contribution in [0.25, 0.3) is 0 Å². The van der Waals surface area contributed by atoms with E-state index in [0.717, 1.165) is 22.0 Å². The number of hydrogen-bond acceptors (Lipinski definition) is 3. The van der Waals surface area contributed by atoms with Gasteiger partial charge in [-0.3, -0.25) is 0 Å². The van der Waals surface area contributed by atoms with Crippen molar-refractivity contribution >= 4 is 11.8 Å². The molecule has 3 aromatic carbocycles. The summed E-state index contributed by atoms with van der Waals surface area (Å²) < 4.78 is 11.6. The Labute approximate surface area is 152 Å². The van der Waals surface area contributed by atoms with E-state index in [1.807, 2.05) is 84.9 Å². The third kappa shape index (κ3) is 5.15. The van der Waals surface area contributed by atoms with Crippen molar-refractivity contribution in [2.45, 2.75) is 10.3 Å². The maximum Gasteiger partial charge on any atom is 0.134 e. The molecule has 0 aliphatic rings. The normalized spacial score (nSPS) is 11.5. The zero-order valence-electron chi connectivity index (χ0n) is 13.7. The monoisotopic (exact) mass is 346 g/mol. The molecule has 0 heterocycles. The number of hydrogen-bond donors (Lipinski definition) is 0. The maximum atomic E-state index is 5.82. The fourth-order valence-electron chi connectivity index (χ4n) is 2.27. The minimum absolute atomic E-state index is 0.141. The van der Waals surface area contributed by atoms with Crippen LogP contribution in [-0.4, -0.2) is 6.61 Å². The van der Waals surface area contributed by atoms with Crippen LogP contribution >= 0.6 is 11.8 Å². The summed E-state index contributed by atoms with van der Waals surface area (Å²) in [5.41, 5.74) is 0.950. The van der Waals surface area contributed by atoms with Crippen LogP contribution in [0.5, 0.6) is 11.5 Å². The molecule has 0 saturated carbocycles. The lowest BCUT2D eigenvalue weighted by Gasteiger charge is -2.17. The van der Waals surface area contributed by atoms with Gasteiger partial charge in [-0.2, -0.15) is 0 Å². The lowest BCUT2D eigenvalue weighted by atomic mass is 10.2. The first-order chi connectivity index (χ1) is 12.3. The molecule has 0 amide bonds. The first-order valence-corrected chi connectivity index (χ1v) is 8.83. The Kier molecular flexibility index (Phi) is 6.17. The highest BCUT2D eigenvalue weighted by molar-refractivity contribution is 7.99. The van der Waals surface area contributed by atoms with E-state index in [2.05, 4.69) is 5.92 Å². The number of ether oxygens (including phenoxy) is 2. The molecule has 0 bridgehead atoms. The van der Waals surface area contributed by atoms with Crippen molar-refractivity contribution in [1.29, 1.82) is 0 Å². The highest BCUT2D eigenvalue weighted by atomic mass is 32.2. The summed E-state index contributed by atoms with van der Waals surface area (Å²) in [7, 11) is 0. The van der Waals surface area contributed by atoms with Crippen molar-refractivity contribution < 1.29 is 9.47 Å². The molecule has 0 radical (unpaired) electrons. The number of rotatable bonds is 7. The van der Waals surface area contributed by atoms with Crippen molar-refractivity contribution in [3.8, 4) is 23.8 Å². The summed E-state index contributed by atoms with van der Waals surface area (Å²) in [6, 6.07) is 27.8. The van der Waals surface area contributed by atoms with Gasteiger partial charge in [-0.1, -0.05) is 66.2 Å². The Hall–Kier alpha value is -2.67. The molecule has 0 aromatic heterocycles. The van der Waals surface area contributed by atoms with Gasteiger partial charge in [0.2, 0.25) is 0 Å². The molecule has 0 spiro atoms. The fourth-order valence-corrected chi connectivity index (χ4v) is 3.24. The van der Waals surface area contributed by atoms with Crippen LogP contribution in [0.1, 0.15) is 11.0 Å². The zero-order valence-corrected chi connectivity index (χ0v) is 14.5. The summed E-state index contributed by atoms with van der Waals surface area (Å²) in [6.07, 6.45) is 5.34. The van der Waals surface area contributed by atoms with Crippen molar-refractivity contribution in [2.75, 3.05) is 6.61 Å². The molecule has 0 aliphatic heterocycles. The van der Waals surface area contributed by atoms with Crippen LogP contribution in [0, 0.1) is 12.3 Å². The van der Waals surface area contributed by atoms with Crippen LogP contribution in [0.3, 0.4) is 0 Å². The van der Waals surface area contributed by atoms with Crippen LogP contribution in [-0.2, 0) is 4.74 Å². The van der Waals surface area contributed by atoms with Gasteiger partial charge in [0.25, 0.3) is 0 Å². The summed E-state index contributed by atoms with van der Waals surface area (Å²) in [5, 5.41) is 0. The fraction of sp³-hybridized carbons (Fsp3) is 0.0909. The Morgan fingerprint density at radius 3 is 2.04 bits per heavy atom. The van der Waals surface area contributed by atoms with Crippen molar-refractivity contribution in [2.24, 2.45) is 0 Å². The molecular formula is C22H18O2S. The largest absolute Gasteiger partial charge is 0.457 e. The maximum absolute atomic E-state index is 5.82. The SMILES string of the molecule is C#CCOC(Sc1ccc(Oc2ccccc2)cc1)c1ccccc1. The molecule has 3 rings (SSSR count). The average Bonchev–Trinajstić information content (AvgIpc) is 2.68. The molecule has 1 unspecified atom stereocenters. The van der Waals surface area contributed by atoms with Gasteiger partial charge < -0.3 is 9.47 Å². The third-order valence-corrected chi connectivity index (χ3v) is 4.60. The van der Waals surface area contributed by atoms with E-state index >= 15 is 0 Å². The van der Waals surface area contributed by atoms with Gasteiger partial charge in [-0.15, -0.1) is 6.42 Å². The van der Waals surface area contributed by atoms with Crippen molar-refractivity contribution in [3.63, 3.8) is 0 Å². The van der Waals surface area contributed by atoms with E-state index in [9.17, 15) is 0 Å². The second kappa shape index (κ2) is 8.98. The van der Waals surface area contributed by atoms with Crippen LogP contribution < -0.4 is 4.74 Å². The zero-order chi connectivity index (χ0) is 17.3. The number of para-hydroxylation sites is 1. The second-order valence-electron chi connectivity index (χ2n) is 5.26. The average molecular weight is 346 g/mol. The Bertz CT molecular complexity index is 808. The standard InChI is InChI=1S/C22H18O2S/c1-2-17-23-22(18-9-5-3-6-10-18)25-21-15-13-20(14-16-21)24-19-11-7-4-8-12-19/h1,3-16,22H,17H2. The van der Waals surface area contributed by atoms with E-state index in [4.69, 9.17) is 15.9 Å². The van der Waals surface area contributed by atoms with Crippen LogP contribution in [0.15, 0.2) is 89.8 Å². The molecular weight excluding hydrogens is 328 g/mol. The molecule has 3 heteroatoms. The molecule has 0 N–H and O–H groups in total. The Morgan fingerprint density at radius 2 is 1.40 bits per heavy atom. The van der Waals surface area contributed by atoms with E-state index in [-0.39, 0.29) is 12.0 Å². The number of benzene rings is 3. The highest BCUT2D eigenvalue weighted by Crippen LogP contribution is 2.37. The van der Waals surface area contributed by atoms with E-state index in [1.165, 1.54) is 0 Å². The molecule has 2 nitrogen and oxygen atoms in total. The Balaban J connectivity index is 1.69. The molecule has 3 aromatic rings. The summed E-state index contributed by atoms with van der Waals surface area (Å²) in [4.78, 5) is 1.09. The first-order valence-electron chi connectivity index (χ1n) is 7.95. The molecule has 124 valence electrons. The molecule has 0 aliphatic carbocycles. The van der Waals surface area contributed by atoms with Gasteiger partial charge in [0, 0.05) is 4.90 Å². The molecule has 0 saturated heterocycles. The Morgan fingerprint density at radius 1 is 0.800 bits per heavy atom. The molecule has 1 atom stereocenters. The summed E-state index contributed by atoms with van der Waals surface area (Å²) in [5.74, 6) is 4.16. The topological polar surface area (TPSA) is 18.5 Å². The van der Waals surface area contributed by atoms with Gasteiger partial charge in [0.15, 0.2) is 0 Å². The minimum atomic E-state index is -0.141. The predicted molar refractivity (Wildman–Crippen MR) is 103 cm³/mol. The minimum Gasteiger partial charge on any atom is -0.457 e. The molecule has 0 fully saturated rings. The number of terminal acetylenes is 1. The van der Waals surface area contributed by atoms with Gasteiger partial charge in [0.05, 0.1) is 0 Å². The van der Waals surface area contributed by atoms with Crippen molar-refractivity contribution in [1.82, 2.24) is 0 Å². The smallest absolute Gasteiger partial charge is 0.134 e. The lowest BCUT2D eigenvalue weighted by Crippen LogP contribution is -2.00. The first kappa shape index (κ1) is 17.2. The second-order valence-corrected chi connectivity index (χ2v) is 6.40. The van der Waals surface area contributed by atoms with Gasteiger partial charge >= 0.3 is 0 Å². The number of thioether (sulfide) groups is 1. The quantitative estimate of drug-likeness (QED) is 0.300. The van der Waals surface area contributed by atoms with Gasteiger partial charge in [0.1, 0.15) is 23.5 Å². The molecule has 25 heavy (non-hydrogen) atoms. The van der Waals surface area contributed by atoms with Crippen molar-refractivity contribution in [3.05, 3.63) is 90.5 Å². The van der Waals surface area contributed by atoms with E-state index < -0.39 is 0 Å². The predicted octanol–water partition coefficient (Wildman–Crippen LogP) is 5.92. The summed E-state index contributed by atoms with van der Waals surface area (Å²) in [6.45, 7) is 0.280. The van der Waals surface area contributed by atoms with Crippen LogP contribution in [0.2, 0.25) is 0 Å². The van der Waals surface area contributed by atoms with Gasteiger partial charge in [-0.25, -0.2) is 0 Å². The van der Waals surface area contributed by atoms with E-state index in [1.54, 1.807) is 11.8 Å². The summed E-state index contributed by atoms with van der Waals surface area (Å²) >= 11 is 1.62. The third-order valence-electron chi connectivity index (χ3n) is 3.44. The van der Waals surface area contributed by atoms with E-state index in [0.29, 0.717) is 0 Å². The highest BCUT2D eigenvalue weighted by Gasteiger charge is 2.13. The lowest BCUT2D eigenvalue weighted by molar-refractivity contribution is 0.145. The van der Waals surface area contributed by atoms with Gasteiger partial charge in [-0.05, 0) is 42.0 Å². The van der Waals surface area contributed by atoms with Crippen LogP contribution in [0.4, 0.5) is 0 Å².